The zero-order valence-corrected chi connectivity index (χ0v) is 12.8. The van der Waals surface area contributed by atoms with Crippen LogP contribution in [0.3, 0.4) is 0 Å². The molecule has 1 aromatic carbocycles. The summed E-state index contributed by atoms with van der Waals surface area (Å²) in [6, 6.07) is 8.91. The van der Waals surface area contributed by atoms with Crippen LogP contribution in [0, 0.1) is 5.92 Å². The van der Waals surface area contributed by atoms with Gasteiger partial charge in [0.2, 0.25) is 0 Å². The summed E-state index contributed by atoms with van der Waals surface area (Å²) in [5, 5.41) is 6.53. The molecule has 1 heterocycles. The number of pyridine rings is 1. The van der Waals surface area contributed by atoms with Gasteiger partial charge in [-0.05, 0) is 24.1 Å². The molecule has 1 amide bonds. The predicted molar refractivity (Wildman–Crippen MR) is 87.0 cm³/mol. The molecule has 2 rings (SSSR count). The van der Waals surface area contributed by atoms with Crippen molar-refractivity contribution in [2.45, 2.75) is 13.8 Å². The van der Waals surface area contributed by atoms with Crippen molar-refractivity contribution in [1.82, 2.24) is 4.98 Å². The van der Waals surface area contributed by atoms with Crippen molar-refractivity contribution in [2.75, 3.05) is 17.2 Å². The second-order valence-electron chi connectivity index (χ2n) is 5.17. The molecule has 1 aromatic heterocycles. The van der Waals surface area contributed by atoms with Crippen molar-refractivity contribution in [2.24, 2.45) is 5.92 Å². The van der Waals surface area contributed by atoms with Gasteiger partial charge in [-0.25, -0.2) is 0 Å². The summed E-state index contributed by atoms with van der Waals surface area (Å²) in [5.41, 5.74) is 1.91. The van der Waals surface area contributed by atoms with Crippen molar-refractivity contribution >= 4 is 28.9 Å². The van der Waals surface area contributed by atoms with Crippen molar-refractivity contribution in [3.63, 3.8) is 0 Å². The first-order chi connectivity index (χ1) is 10.1. The van der Waals surface area contributed by atoms with Gasteiger partial charge < -0.3 is 10.6 Å². The number of nitrogens with one attached hydrogen (secondary N) is 2. The van der Waals surface area contributed by atoms with Crippen LogP contribution in [0.1, 0.15) is 24.2 Å². The van der Waals surface area contributed by atoms with Crippen molar-refractivity contribution in [3.05, 3.63) is 53.3 Å². The number of carbonyl (C=O) groups is 1. The third-order valence-corrected chi connectivity index (χ3v) is 3.17. The van der Waals surface area contributed by atoms with E-state index in [0.29, 0.717) is 22.2 Å². The highest BCUT2D eigenvalue weighted by atomic mass is 35.5. The smallest absolute Gasteiger partial charge is 0.257 e. The molecule has 2 N–H and O–H groups in total. The van der Waals surface area contributed by atoms with Gasteiger partial charge >= 0.3 is 0 Å². The first-order valence-electron chi connectivity index (χ1n) is 6.81. The fraction of sp³-hybridized carbons (Fsp3) is 0.250. The maximum absolute atomic E-state index is 12.2. The summed E-state index contributed by atoms with van der Waals surface area (Å²) in [6.45, 7) is 5.07. The van der Waals surface area contributed by atoms with E-state index in [0.717, 1.165) is 12.2 Å². The summed E-state index contributed by atoms with van der Waals surface area (Å²) in [7, 11) is 0. The van der Waals surface area contributed by atoms with Crippen LogP contribution in [0.2, 0.25) is 5.02 Å². The molecule has 0 radical (unpaired) electrons. The van der Waals surface area contributed by atoms with Gasteiger partial charge in [-0.1, -0.05) is 37.6 Å². The van der Waals surface area contributed by atoms with E-state index in [1.165, 1.54) is 6.20 Å². The molecule has 0 bridgehead atoms. The van der Waals surface area contributed by atoms with Gasteiger partial charge in [-0.15, -0.1) is 0 Å². The van der Waals surface area contributed by atoms with E-state index < -0.39 is 0 Å². The topological polar surface area (TPSA) is 54.0 Å². The summed E-state index contributed by atoms with van der Waals surface area (Å²) in [4.78, 5) is 16.3. The van der Waals surface area contributed by atoms with E-state index in [-0.39, 0.29) is 5.91 Å². The molecule has 0 fully saturated rings. The number of hydrogen-bond donors (Lipinski definition) is 2. The molecule has 0 spiro atoms. The lowest BCUT2D eigenvalue weighted by Gasteiger charge is -2.10. The molecule has 21 heavy (non-hydrogen) atoms. The molecule has 0 unspecified atom stereocenters. The van der Waals surface area contributed by atoms with Crippen molar-refractivity contribution in [1.29, 1.82) is 0 Å². The lowest BCUT2D eigenvalue weighted by Crippen LogP contribution is -2.14. The molecule has 0 saturated heterocycles. The molecular formula is C16H18ClN3O. The normalized spacial score (nSPS) is 10.5. The van der Waals surface area contributed by atoms with Crippen molar-refractivity contribution in [3.8, 4) is 0 Å². The molecular weight excluding hydrogens is 286 g/mol. The zero-order chi connectivity index (χ0) is 15.2. The molecule has 0 aliphatic rings. The van der Waals surface area contributed by atoms with Crippen LogP contribution in [0.15, 0.2) is 42.7 Å². The van der Waals surface area contributed by atoms with Gasteiger partial charge in [0.05, 0.1) is 22.0 Å². The minimum absolute atomic E-state index is 0.233. The number of halogens is 1. The number of amides is 1. The first-order valence-corrected chi connectivity index (χ1v) is 7.19. The largest absolute Gasteiger partial charge is 0.384 e. The lowest BCUT2D eigenvalue weighted by molar-refractivity contribution is 0.102. The molecule has 4 nitrogen and oxygen atoms in total. The number of hydrogen-bond acceptors (Lipinski definition) is 3. The van der Waals surface area contributed by atoms with Gasteiger partial charge in [0.15, 0.2) is 0 Å². The van der Waals surface area contributed by atoms with E-state index >= 15 is 0 Å². The maximum atomic E-state index is 12.2. The number of rotatable bonds is 5. The number of para-hydroxylation sites is 1. The summed E-state index contributed by atoms with van der Waals surface area (Å²) >= 11 is 6.03. The Bertz CT molecular complexity index is 628. The Morgan fingerprint density at radius 3 is 2.76 bits per heavy atom. The van der Waals surface area contributed by atoms with Crippen LogP contribution in [-0.4, -0.2) is 17.4 Å². The lowest BCUT2D eigenvalue weighted by atomic mass is 10.2. The highest BCUT2D eigenvalue weighted by molar-refractivity contribution is 6.33. The number of nitrogens with zero attached hydrogens (tertiary/aromatic N) is 1. The second-order valence-corrected chi connectivity index (χ2v) is 5.58. The fourth-order valence-electron chi connectivity index (χ4n) is 1.74. The number of anilines is 2. The predicted octanol–water partition coefficient (Wildman–Crippen LogP) is 4.06. The molecule has 0 atom stereocenters. The number of benzene rings is 1. The highest BCUT2D eigenvalue weighted by Gasteiger charge is 2.09. The van der Waals surface area contributed by atoms with E-state index in [1.807, 2.05) is 12.1 Å². The van der Waals surface area contributed by atoms with E-state index in [9.17, 15) is 4.79 Å². The maximum Gasteiger partial charge on any atom is 0.257 e. The van der Waals surface area contributed by atoms with Crippen LogP contribution in [0.5, 0.6) is 0 Å². The molecule has 110 valence electrons. The van der Waals surface area contributed by atoms with Crippen LogP contribution in [0.25, 0.3) is 0 Å². The Morgan fingerprint density at radius 2 is 2.05 bits per heavy atom. The molecule has 2 aromatic rings. The summed E-state index contributed by atoms with van der Waals surface area (Å²) < 4.78 is 0. The molecule has 5 heteroatoms. The van der Waals surface area contributed by atoms with Crippen LogP contribution < -0.4 is 10.6 Å². The number of carbonyl (C=O) groups excluding carboxylic acids is 1. The van der Waals surface area contributed by atoms with Crippen LogP contribution in [-0.2, 0) is 0 Å². The Hall–Kier alpha value is -2.07. The zero-order valence-electron chi connectivity index (χ0n) is 12.1. The third-order valence-electron chi connectivity index (χ3n) is 2.84. The number of aromatic nitrogens is 1. The van der Waals surface area contributed by atoms with Crippen LogP contribution in [0.4, 0.5) is 11.4 Å². The molecule has 0 saturated carbocycles. The standard InChI is InChI=1S/C16H18ClN3O/c1-11(2)8-19-13-7-12(9-18-10-13)16(21)20-15-6-4-3-5-14(15)17/h3-7,9-11,19H,8H2,1-2H3,(H,20,21). The monoisotopic (exact) mass is 303 g/mol. The van der Waals surface area contributed by atoms with E-state index in [2.05, 4.69) is 29.5 Å². The second kappa shape index (κ2) is 7.09. The third kappa shape index (κ3) is 4.46. The average molecular weight is 304 g/mol. The SMILES string of the molecule is CC(C)CNc1cncc(C(=O)Nc2ccccc2Cl)c1. The van der Waals surface area contributed by atoms with Crippen molar-refractivity contribution < 1.29 is 4.79 Å². The fourth-order valence-corrected chi connectivity index (χ4v) is 1.92. The van der Waals surface area contributed by atoms with Gasteiger partial charge in [0.1, 0.15) is 0 Å². The summed E-state index contributed by atoms with van der Waals surface area (Å²) in [5.74, 6) is 0.286. The minimum Gasteiger partial charge on any atom is -0.384 e. The Labute approximate surface area is 129 Å². The van der Waals surface area contributed by atoms with Gasteiger partial charge in [-0.2, -0.15) is 0 Å². The molecule has 0 aliphatic heterocycles. The van der Waals surface area contributed by atoms with E-state index in [1.54, 1.807) is 24.4 Å². The van der Waals surface area contributed by atoms with Gasteiger partial charge in [-0.3, -0.25) is 9.78 Å². The Kier molecular flexibility index (Phi) is 5.17. The average Bonchev–Trinajstić information content (AvgIpc) is 2.48. The Balaban J connectivity index is 2.09. The first kappa shape index (κ1) is 15.3. The van der Waals surface area contributed by atoms with Gasteiger partial charge in [0.25, 0.3) is 5.91 Å². The quantitative estimate of drug-likeness (QED) is 0.876. The Morgan fingerprint density at radius 1 is 1.29 bits per heavy atom. The highest BCUT2D eigenvalue weighted by Crippen LogP contribution is 2.21. The van der Waals surface area contributed by atoms with Gasteiger partial charge in [0, 0.05) is 18.9 Å². The molecule has 0 aliphatic carbocycles. The summed E-state index contributed by atoms with van der Waals surface area (Å²) in [6.07, 6.45) is 3.24. The van der Waals surface area contributed by atoms with Crippen LogP contribution >= 0.6 is 11.6 Å². The van der Waals surface area contributed by atoms with E-state index in [4.69, 9.17) is 11.6 Å². The minimum atomic E-state index is -0.233.